The van der Waals surface area contributed by atoms with E-state index in [2.05, 4.69) is 11.9 Å². The van der Waals surface area contributed by atoms with Gasteiger partial charge in [0.25, 0.3) is 5.91 Å². The Balaban J connectivity index is 1.96. The third-order valence-electron chi connectivity index (χ3n) is 3.13. The highest BCUT2D eigenvalue weighted by Crippen LogP contribution is 2.19. The minimum atomic E-state index is -0.195. The smallest absolute Gasteiger partial charge is 0.255 e. The fourth-order valence-corrected chi connectivity index (χ4v) is 1.97. The molecule has 24 heavy (non-hydrogen) atoms. The molecule has 0 aromatic heterocycles. The summed E-state index contributed by atoms with van der Waals surface area (Å²) in [6, 6.07) is 14.2. The fraction of sp³-hybridized carbons (Fsp3) is 0.211. The van der Waals surface area contributed by atoms with Crippen LogP contribution in [0.1, 0.15) is 10.4 Å². The summed E-state index contributed by atoms with van der Waals surface area (Å²) >= 11 is 0. The first kappa shape index (κ1) is 17.6. The number of ether oxygens (including phenoxy) is 3. The third kappa shape index (κ3) is 5.44. The summed E-state index contributed by atoms with van der Waals surface area (Å²) in [4.78, 5) is 12.3. The zero-order chi connectivity index (χ0) is 17.2. The van der Waals surface area contributed by atoms with Crippen LogP contribution < -0.4 is 14.8 Å². The molecule has 0 bridgehead atoms. The predicted octanol–water partition coefficient (Wildman–Crippen LogP) is 3.53. The number of carbonyl (C=O) groups is 1. The zero-order valence-electron chi connectivity index (χ0n) is 13.7. The standard InChI is InChI=1S/C19H21NO4/c1-3-11-23-17-9-7-15(8-10-17)19(21)20-16-5-4-6-18(14-16)24-13-12-22-2/h3-10,14H,1,11-13H2,2H3,(H,20,21). The lowest BCUT2D eigenvalue weighted by Crippen LogP contribution is -2.12. The van der Waals surface area contributed by atoms with E-state index in [1.165, 1.54) is 0 Å². The number of nitrogens with one attached hydrogen (secondary N) is 1. The number of carbonyl (C=O) groups excluding carboxylic acids is 1. The van der Waals surface area contributed by atoms with E-state index in [4.69, 9.17) is 14.2 Å². The molecule has 0 radical (unpaired) electrons. The first-order chi connectivity index (χ1) is 11.7. The summed E-state index contributed by atoms with van der Waals surface area (Å²) in [5, 5.41) is 2.84. The van der Waals surface area contributed by atoms with Crippen molar-refractivity contribution in [3.05, 3.63) is 66.7 Å². The first-order valence-corrected chi connectivity index (χ1v) is 7.60. The molecule has 0 atom stereocenters. The molecule has 0 spiro atoms. The van der Waals surface area contributed by atoms with E-state index in [-0.39, 0.29) is 5.91 Å². The number of rotatable bonds is 9. The van der Waals surface area contributed by atoms with Crippen LogP contribution in [0.3, 0.4) is 0 Å². The zero-order valence-corrected chi connectivity index (χ0v) is 13.7. The van der Waals surface area contributed by atoms with Gasteiger partial charge in [-0.05, 0) is 36.4 Å². The van der Waals surface area contributed by atoms with Gasteiger partial charge in [0, 0.05) is 24.4 Å². The number of hydrogen-bond donors (Lipinski definition) is 1. The molecular weight excluding hydrogens is 306 g/mol. The monoisotopic (exact) mass is 327 g/mol. The Morgan fingerprint density at radius 2 is 1.88 bits per heavy atom. The van der Waals surface area contributed by atoms with E-state index in [1.807, 2.05) is 18.2 Å². The summed E-state index contributed by atoms with van der Waals surface area (Å²) in [5.41, 5.74) is 1.22. The average molecular weight is 327 g/mol. The van der Waals surface area contributed by atoms with Crippen LogP contribution in [-0.4, -0.2) is 32.8 Å². The first-order valence-electron chi connectivity index (χ1n) is 7.60. The number of anilines is 1. The van der Waals surface area contributed by atoms with E-state index in [0.29, 0.717) is 42.6 Å². The molecule has 5 nitrogen and oxygen atoms in total. The molecule has 126 valence electrons. The highest BCUT2D eigenvalue weighted by atomic mass is 16.5. The molecule has 0 heterocycles. The molecule has 0 aliphatic rings. The Hall–Kier alpha value is -2.79. The Labute approximate surface area is 141 Å². The minimum absolute atomic E-state index is 0.195. The van der Waals surface area contributed by atoms with Crippen molar-refractivity contribution < 1.29 is 19.0 Å². The lowest BCUT2D eigenvalue weighted by molar-refractivity contribution is 0.102. The van der Waals surface area contributed by atoms with Crippen LogP contribution in [0.4, 0.5) is 5.69 Å². The third-order valence-corrected chi connectivity index (χ3v) is 3.13. The highest BCUT2D eigenvalue weighted by molar-refractivity contribution is 6.04. The second kappa shape index (κ2) is 9.37. The Morgan fingerprint density at radius 3 is 2.58 bits per heavy atom. The maximum Gasteiger partial charge on any atom is 0.255 e. The van der Waals surface area contributed by atoms with Crippen LogP contribution in [-0.2, 0) is 4.74 Å². The maximum atomic E-state index is 12.3. The van der Waals surface area contributed by atoms with Gasteiger partial charge < -0.3 is 19.5 Å². The number of methoxy groups -OCH3 is 1. The quantitative estimate of drug-likeness (QED) is 0.565. The summed E-state index contributed by atoms with van der Waals surface area (Å²) in [5.74, 6) is 1.18. The molecule has 0 unspecified atom stereocenters. The van der Waals surface area contributed by atoms with Crippen molar-refractivity contribution in [2.75, 3.05) is 32.2 Å². The molecule has 5 heteroatoms. The normalized spacial score (nSPS) is 10.0. The van der Waals surface area contributed by atoms with Gasteiger partial charge in [-0.15, -0.1) is 0 Å². The van der Waals surface area contributed by atoms with Gasteiger partial charge in [0.15, 0.2) is 0 Å². The topological polar surface area (TPSA) is 56.8 Å². The van der Waals surface area contributed by atoms with Crippen molar-refractivity contribution in [2.45, 2.75) is 0 Å². The number of benzene rings is 2. The van der Waals surface area contributed by atoms with Crippen molar-refractivity contribution in [2.24, 2.45) is 0 Å². The molecule has 0 saturated carbocycles. The van der Waals surface area contributed by atoms with Gasteiger partial charge in [0.1, 0.15) is 24.7 Å². The molecule has 0 fully saturated rings. The van der Waals surface area contributed by atoms with Crippen LogP contribution >= 0.6 is 0 Å². The van der Waals surface area contributed by atoms with Crippen LogP contribution in [0.15, 0.2) is 61.2 Å². The average Bonchev–Trinajstić information content (AvgIpc) is 2.61. The Morgan fingerprint density at radius 1 is 1.08 bits per heavy atom. The van der Waals surface area contributed by atoms with Crippen molar-refractivity contribution in [3.8, 4) is 11.5 Å². The van der Waals surface area contributed by atoms with Crippen molar-refractivity contribution in [1.29, 1.82) is 0 Å². The predicted molar refractivity (Wildman–Crippen MR) is 93.9 cm³/mol. The molecule has 0 aliphatic heterocycles. The summed E-state index contributed by atoms with van der Waals surface area (Å²) in [6.07, 6.45) is 1.67. The van der Waals surface area contributed by atoms with E-state index in [0.717, 1.165) is 0 Å². The van der Waals surface area contributed by atoms with Gasteiger partial charge in [-0.1, -0.05) is 18.7 Å². The number of amides is 1. The van der Waals surface area contributed by atoms with Crippen LogP contribution in [0, 0.1) is 0 Å². The molecule has 2 aromatic rings. The summed E-state index contributed by atoms with van der Waals surface area (Å²) in [7, 11) is 1.62. The second-order valence-electron chi connectivity index (χ2n) is 4.95. The van der Waals surface area contributed by atoms with Gasteiger partial charge in [-0.2, -0.15) is 0 Å². The molecule has 1 N–H and O–H groups in total. The Kier molecular flexibility index (Phi) is 6.86. The van der Waals surface area contributed by atoms with Crippen LogP contribution in [0.2, 0.25) is 0 Å². The van der Waals surface area contributed by atoms with Gasteiger partial charge in [-0.25, -0.2) is 0 Å². The van der Waals surface area contributed by atoms with Crippen molar-refractivity contribution in [3.63, 3.8) is 0 Å². The van der Waals surface area contributed by atoms with Gasteiger partial charge in [0.05, 0.1) is 6.61 Å². The molecule has 1 amide bonds. The molecule has 0 saturated heterocycles. The van der Waals surface area contributed by atoms with E-state index < -0.39 is 0 Å². The highest BCUT2D eigenvalue weighted by Gasteiger charge is 2.07. The molecule has 0 aliphatic carbocycles. The van der Waals surface area contributed by atoms with Crippen LogP contribution in [0.25, 0.3) is 0 Å². The van der Waals surface area contributed by atoms with E-state index in [9.17, 15) is 4.79 Å². The van der Waals surface area contributed by atoms with Crippen molar-refractivity contribution in [1.82, 2.24) is 0 Å². The number of hydrogen-bond acceptors (Lipinski definition) is 4. The molecule has 2 rings (SSSR count). The maximum absolute atomic E-state index is 12.3. The molecular formula is C19H21NO4. The van der Waals surface area contributed by atoms with E-state index in [1.54, 1.807) is 43.5 Å². The van der Waals surface area contributed by atoms with Crippen LogP contribution in [0.5, 0.6) is 11.5 Å². The lowest BCUT2D eigenvalue weighted by atomic mass is 10.2. The van der Waals surface area contributed by atoms with Gasteiger partial charge >= 0.3 is 0 Å². The van der Waals surface area contributed by atoms with E-state index >= 15 is 0 Å². The summed E-state index contributed by atoms with van der Waals surface area (Å²) in [6.45, 7) is 4.99. The van der Waals surface area contributed by atoms with Gasteiger partial charge in [0.2, 0.25) is 0 Å². The minimum Gasteiger partial charge on any atom is -0.491 e. The SMILES string of the molecule is C=CCOc1ccc(C(=O)Nc2cccc(OCCOC)c2)cc1. The lowest BCUT2D eigenvalue weighted by Gasteiger charge is -2.09. The summed E-state index contributed by atoms with van der Waals surface area (Å²) < 4.78 is 15.9. The largest absolute Gasteiger partial charge is 0.491 e. The Bertz CT molecular complexity index is 667. The van der Waals surface area contributed by atoms with Gasteiger partial charge in [-0.3, -0.25) is 4.79 Å². The van der Waals surface area contributed by atoms with Crippen molar-refractivity contribution >= 4 is 11.6 Å². The second-order valence-corrected chi connectivity index (χ2v) is 4.95. The molecule has 2 aromatic carbocycles. The fourth-order valence-electron chi connectivity index (χ4n) is 1.97.